The molecule has 0 aromatic carbocycles. The molecule has 0 atom stereocenters. The Kier molecular flexibility index (Phi) is 6.49. The number of carbonyl (C=O) groups excluding carboxylic acids is 1. The lowest BCUT2D eigenvalue weighted by Crippen LogP contribution is -2.34. The van der Waals surface area contributed by atoms with Crippen molar-refractivity contribution in [2.24, 2.45) is 16.8 Å². The lowest BCUT2D eigenvalue weighted by atomic mass is 10.0. The highest BCUT2D eigenvalue weighted by Crippen LogP contribution is 2.10. The van der Waals surface area contributed by atoms with Crippen LogP contribution >= 0.6 is 0 Å². The number of nitrogens with two attached hydrogens (primary N) is 1. The first kappa shape index (κ1) is 13.7. The minimum Gasteiger partial charge on any atom is -0.409 e. The van der Waals surface area contributed by atoms with Crippen LogP contribution in [0, 0.1) is 5.92 Å². The molecule has 0 saturated heterocycles. The van der Waals surface area contributed by atoms with Gasteiger partial charge in [0.05, 0.1) is 0 Å². The van der Waals surface area contributed by atoms with Crippen LogP contribution in [0.5, 0.6) is 0 Å². The maximum Gasteiger partial charge on any atom is 0.225 e. The van der Waals surface area contributed by atoms with Gasteiger partial charge >= 0.3 is 0 Å². The van der Waals surface area contributed by atoms with Crippen molar-refractivity contribution in [2.45, 2.75) is 33.1 Å². The summed E-state index contributed by atoms with van der Waals surface area (Å²) in [6.07, 6.45) is 2.10. The van der Waals surface area contributed by atoms with Crippen LogP contribution in [0.3, 0.4) is 0 Å². The molecule has 0 aliphatic rings. The van der Waals surface area contributed by atoms with Gasteiger partial charge in [-0.15, -0.1) is 0 Å². The van der Waals surface area contributed by atoms with E-state index in [0.717, 1.165) is 12.8 Å². The average Bonchev–Trinajstić information content (AvgIpc) is 2.26. The van der Waals surface area contributed by atoms with Crippen molar-refractivity contribution in [1.82, 2.24) is 4.90 Å². The van der Waals surface area contributed by atoms with E-state index in [4.69, 9.17) is 10.9 Å². The molecule has 0 aromatic heterocycles. The van der Waals surface area contributed by atoms with Crippen LogP contribution in [0.2, 0.25) is 0 Å². The first-order valence-corrected chi connectivity index (χ1v) is 5.28. The Morgan fingerprint density at radius 3 is 2.40 bits per heavy atom. The standard InChI is InChI=1S/C10H21N3O2/c1-4-8(5-2)10(14)13(3)7-6-9(11)12-15/h8,15H,4-7H2,1-3H3,(H2,11,12). The van der Waals surface area contributed by atoms with Gasteiger partial charge in [0.15, 0.2) is 0 Å². The van der Waals surface area contributed by atoms with Crippen molar-refractivity contribution in [3.63, 3.8) is 0 Å². The molecule has 5 nitrogen and oxygen atoms in total. The van der Waals surface area contributed by atoms with Crippen molar-refractivity contribution >= 4 is 11.7 Å². The molecule has 0 spiro atoms. The van der Waals surface area contributed by atoms with Gasteiger partial charge in [-0.2, -0.15) is 0 Å². The van der Waals surface area contributed by atoms with E-state index in [-0.39, 0.29) is 17.7 Å². The second-order valence-corrected chi connectivity index (χ2v) is 3.61. The Hall–Kier alpha value is -1.26. The number of hydrogen-bond acceptors (Lipinski definition) is 3. The van der Waals surface area contributed by atoms with Crippen LogP contribution < -0.4 is 5.73 Å². The van der Waals surface area contributed by atoms with Crippen molar-refractivity contribution in [3.05, 3.63) is 0 Å². The maximum atomic E-state index is 11.8. The molecule has 0 rings (SSSR count). The smallest absolute Gasteiger partial charge is 0.225 e. The van der Waals surface area contributed by atoms with E-state index in [9.17, 15) is 4.79 Å². The lowest BCUT2D eigenvalue weighted by molar-refractivity contribution is -0.134. The first-order valence-electron chi connectivity index (χ1n) is 5.28. The number of carbonyl (C=O) groups is 1. The molecule has 3 N–H and O–H groups in total. The minimum absolute atomic E-state index is 0.0855. The second kappa shape index (κ2) is 7.09. The van der Waals surface area contributed by atoms with Crippen LogP contribution in [-0.2, 0) is 4.79 Å². The van der Waals surface area contributed by atoms with E-state index in [1.54, 1.807) is 11.9 Å². The highest BCUT2D eigenvalue weighted by Gasteiger charge is 2.18. The number of nitrogens with zero attached hydrogens (tertiary/aromatic N) is 2. The number of amidine groups is 1. The van der Waals surface area contributed by atoms with E-state index in [2.05, 4.69) is 5.16 Å². The van der Waals surface area contributed by atoms with Gasteiger partial charge in [0.2, 0.25) is 5.91 Å². The second-order valence-electron chi connectivity index (χ2n) is 3.61. The molecule has 0 unspecified atom stereocenters. The third kappa shape index (κ3) is 4.67. The largest absolute Gasteiger partial charge is 0.409 e. The predicted octanol–water partition coefficient (Wildman–Crippen LogP) is 1.02. The fourth-order valence-electron chi connectivity index (χ4n) is 1.39. The van der Waals surface area contributed by atoms with Gasteiger partial charge in [-0.25, -0.2) is 0 Å². The zero-order valence-electron chi connectivity index (χ0n) is 9.73. The molecule has 0 aromatic rings. The maximum absolute atomic E-state index is 11.8. The highest BCUT2D eigenvalue weighted by molar-refractivity contribution is 5.82. The van der Waals surface area contributed by atoms with Gasteiger partial charge in [-0.1, -0.05) is 19.0 Å². The van der Waals surface area contributed by atoms with E-state index in [1.807, 2.05) is 13.8 Å². The van der Waals surface area contributed by atoms with Crippen LogP contribution in [0.25, 0.3) is 0 Å². The zero-order valence-corrected chi connectivity index (χ0v) is 9.73. The zero-order chi connectivity index (χ0) is 11.8. The summed E-state index contributed by atoms with van der Waals surface area (Å²) in [6, 6.07) is 0. The van der Waals surface area contributed by atoms with Crippen LogP contribution in [0.4, 0.5) is 0 Å². The van der Waals surface area contributed by atoms with E-state index >= 15 is 0 Å². The molecule has 0 radical (unpaired) electrons. The number of oxime groups is 1. The summed E-state index contributed by atoms with van der Waals surface area (Å²) in [4.78, 5) is 13.4. The SMILES string of the molecule is CCC(CC)C(=O)N(C)CC/C(N)=N/O. The Morgan fingerprint density at radius 1 is 1.47 bits per heavy atom. The lowest BCUT2D eigenvalue weighted by Gasteiger charge is -2.21. The molecular weight excluding hydrogens is 194 g/mol. The normalized spacial score (nSPS) is 11.9. The topological polar surface area (TPSA) is 78.9 Å². The summed E-state index contributed by atoms with van der Waals surface area (Å²) >= 11 is 0. The quantitative estimate of drug-likeness (QED) is 0.300. The van der Waals surface area contributed by atoms with Crippen LogP contribution in [0.15, 0.2) is 5.16 Å². The number of hydrogen-bond donors (Lipinski definition) is 2. The molecule has 0 saturated carbocycles. The van der Waals surface area contributed by atoms with Gasteiger partial charge in [-0.3, -0.25) is 4.79 Å². The van der Waals surface area contributed by atoms with Crippen molar-refractivity contribution < 1.29 is 10.0 Å². The minimum atomic E-state index is 0.0855. The molecule has 15 heavy (non-hydrogen) atoms. The number of amides is 1. The van der Waals surface area contributed by atoms with Gasteiger partial charge in [0.1, 0.15) is 5.84 Å². The Bertz CT molecular complexity index is 225. The summed E-state index contributed by atoms with van der Waals surface area (Å²) in [6.45, 7) is 4.50. The highest BCUT2D eigenvalue weighted by atomic mass is 16.4. The van der Waals surface area contributed by atoms with E-state index in [0.29, 0.717) is 13.0 Å². The molecular formula is C10H21N3O2. The van der Waals surface area contributed by atoms with Gasteiger partial charge in [0, 0.05) is 25.9 Å². The summed E-state index contributed by atoms with van der Waals surface area (Å²) in [5.74, 6) is 0.368. The fraction of sp³-hybridized carbons (Fsp3) is 0.800. The molecule has 5 heteroatoms. The molecule has 0 aliphatic heterocycles. The third-order valence-electron chi connectivity index (χ3n) is 2.54. The van der Waals surface area contributed by atoms with Crippen molar-refractivity contribution in [2.75, 3.05) is 13.6 Å². The molecule has 0 bridgehead atoms. The molecule has 0 fully saturated rings. The van der Waals surface area contributed by atoms with Crippen molar-refractivity contribution in [3.8, 4) is 0 Å². The van der Waals surface area contributed by atoms with Crippen LogP contribution in [0.1, 0.15) is 33.1 Å². The summed E-state index contributed by atoms with van der Waals surface area (Å²) in [5.41, 5.74) is 5.32. The molecule has 88 valence electrons. The predicted molar refractivity (Wildman–Crippen MR) is 59.7 cm³/mol. The molecule has 0 aliphatic carbocycles. The fourth-order valence-corrected chi connectivity index (χ4v) is 1.39. The van der Waals surface area contributed by atoms with Crippen LogP contribution in [-0.4, -0.2) is 35.4 Å². The van der Waals surface area contributed by atoms with Crippen molar-refractivity contribution in [1.29, 1.82) is 0 Å². The first-order chi connectivity index (χ1) is 7.06. The monoisotopic (exact) mass is 215 g/mol. The Balaban J connectivity index is 4.09. The van der Waals surface area contributed by atoms with Gasteiger partial charge in [-0.05, 0) is 12.8 Å². The van der Waals surface area contributed by atoms with E-state index in [1.165, 1.54) is 0 Å². The third-order valence-corrected chi connectivity index (χ3v) is 2.54. The number of rotatable bonds is 6. The molecule has 0 heterocycles. The Labute approximate surface area is 90.9 Å². The summed E-state index contributed by atoms with van der Waals surface area (Å²) in [5, 5.41) is 11.2. The van der Waals surface area contributed by atoms with Gasteiger partial charge in [0.25, 0.3) is 0 Å². The van der Waals surface area contributed by atoms with E-state index < -0.39 is 0 Å². The average molecular weight is 215 g/mol. The Morgan fingerprint density at radius 2 is 2.00 bits per heavy atom. The summed E-state index contributed by atoms with van der Waals surface area (Å²) in [7, 11) is 1.74. The molecule has 1 amide bonds. The van der Waals surface area contributed by atoms with Gasteiger partial charge < -0.3 is 15.8 Å². The summed E-state index contributed by atoms with van der Waals surface area (Å²) < 4.78 is 0.